The molecule has 4 aromatic carbocycles. The second kappa shape index (κ2) is 6.94. The van der Waals surface area contributed by atoms with E-state index >= 15 is 0 Å². The molecule has 0 N–H and O–H groups in total. The zero-order valence-electron chi connectivity index (χ0n) is 19.5. The Morgan fingerprint density at radius 3 is 2.03 bits per heavy atom. The zero-order chi connectivity index (χ0) is 22.0. The summed E-state index contributed by atoms with van der Waals surface area (Å²) in [5.41, 5.74) is 15.6. The average molecular weight is 415 g/mol. The second-order valence-electron chi connectivity index (χ2n) is 10.3. The largest absolute Gasteiger partial charge is 0.0620 e. The van der Waals surface area contributed by atoms with Crippen LogP contribution in [-0.4, -0.2) is 0 Å². The molecule has 2 aliphatic carbocycles. The first-order valence-electron chi connectivity index (χ1n) is 11.9. The molecule has 1 fully saturated rings. The number of aryl methyl sites for hydroxylation is 2. The van der Waals surface area contributed by atoms with E-state index < -0.39 is 0 Å². The molecule has 32 heavy (non-hydrogen) atoms. The Hall–Kier alpha value is -3.12. The predicted octanol–water partition coefficient (Wildman–Crippen LogP) is 8.82. The van der Waals surface area contributed by atoms with E-state index in [1.54, 1.807) is 5.56 Å². The van der Waals surface area contributed by atoms with E-state index in [-0.39, 0.29) is 5.41 Å². The lowest BCUT2D eigenvalue weighted by Gasteiger charge is -2.23. The van der Waals surface area contributed by atoms with Gasteiger partial charge in [-0.3, -0.25) is 0 Å². The summed E-state index contributed by atoms with van der Waals surface area (Å²) in [6, 6.07) is 29.9. The van der Waals surface area contributed by atoms with Crippen LogP contribution in [0.4, 0.5) is 0 Å². The van der Waals surface area contributed by atoms with E-state index in [1.807, 2.05) is 0 Å². The topological polar surface area (TPSA) is 0 Å². The van der Waals surface area contributed by atoms with Crippen molar-refractivity contribution in [2.75, 3.05) is 0 Å². The van der Waals surface area contributed by atoms with Gasteiger partial charge in [-0.25, -0.2) is 0 Å². The summed E-state index contributed by atoms with van der Waals surface area (Å²) in [5, 5.41) is 0. The van der Waals surface area contributed by atoms with Crippen molar-refractivity contribution in [1.82, 2.24) is 0 Å². The highest BCUT2D eigenvalue weighted by atomic mass is 14.4. The van der Waals surface area contributed by atoms with E-state index in [0.717, 1.165) is 0 Å². The molecule has 0 aromatic heterocycles. The van der Waals surface area contributed by atoms with Crippen molar-refractivity contribution in [2.45, 2.75) is 51.9 Å². The molecule has 0 spiro atoms. The van der Waals surface area contributed by atoms with E-state index in [2.05, 4.69) is 107 Å². The Labute approximate surface area is 192 Å². The molecule has 0 aliphatic heterocycles. The average Bonchev–Trinajstić information content (AvgIpc) is 3.61. The van der Waals surface area contributed by atoms with E-state index in [1.165, 1.54) is 68.5 Å². The van der Waals surface area contributed by atoms with Crippen LogP contribution >= 0.6 is 0 Å². The second-order valence-corrected chi connectivity index (χ2v) is 10.3. The molecule has 0 radical (unpaired) electrons. The normalized spacial score (nSPS) is 16.0. The number of hydrogen-bond donors (Lipinski definition) is 0. The maximum atomic E-state index is 2.48. The Morgan fingerprint density at radius 2 is 1.28 bits per heavy atom. The van der Waals surface area contributed by atoms with Crippen molar-refractivity contribution in [3.8, 4) is 33.4 Å². The molecule has 0 heterocycles. The van der Waals surface area contributed by atoms with Gasteiger partial charge >= 0.3 is 0 Å². The van der Waals surface area contributed by atoms with Crippen molar-refractivity contribution in [2.24, 2.45) is 0 Å². The van der Waals surface area contributed by atoms with Crippen LogP contribution in [0, 0.1) is 13.8 Å². The molecule has 0 atom stereocenters. The zero-order valence-corrected chi connectivity index (χ0v) is 19.5. The third-order valence-electron chi connectivity index (χ3n) is 7.67. The minimum absolute atomic E-state index is 0.0278. The van der Waals surface area contributed by atoms with Crippen molar-refractivity contribution < 1.29 is 0 Å². The third-order valence-corrected chi connectivity index (χ3v) is 7.67. The lowest BCUT2D eigenvalue weighted by atomic mass is 9.80. The van der Waals surface area contributed by atoms with Crippen LogP contribution in [0.15, 0.2) is 78.9 Å². The molecule has 0 unspecified atom stereocenters. The summed E-state index contributed by atoms with van der Waals surface area (Å²) in [6.45, 7) is 9.19. The smallest absolute Gasteiger partial charge is 0.0159 e. The van der Waals surface area contributed by atoms with Gasteiger partial charge in [-0.05, 0) is 94.3 Å². The maximum absolute atomic E-state index is 2.48. The Morgan fingerprint density at radius 1 is 0.625 bits per heavy atom. The summed E-state index contributed by atoms with van der Waals surface area (Å²) in [4.78, 5) is 0. The van der Waals surface area contributed by atoms with Crippen molar-refractivity contribution in [3.63, 3.8) is 0 Å². The van der Waals surface area contributed by atoms with Crippen LogP contribution < -0.4 is 0 Å². The SMILES string of the molecule is Cc1ccc2c(c1)C(C)(C)c1cc(-c3cccc(-c4ccccc4C)c3C3CC3)ccc1-2. The highest BCUT2D eigenvalue weighted by Crippen LogP contribution is 2.52. The van der Waals surface area contributed by atoms with Gasteiger partial charge in [0.2, 0.25) is 0 Å². The van der Waals surface area contributed by atoms with Gasteiger partial charge in [0.05, 0.1) is 0 Å². The molecule has 0 bridgehead atoms. The number of benzene rings is 4. The molecule has 0 saturated heterocycles. The molecular formula is C32H30. The molecule has 0 heteroatoms. The van der Waals surface area contributed by atoms with Crippen LogP contribution in [0.5, 0.6) is 0 Å². The highest BCUT2D eigenvalue weighted by molar-refractivity contribution is 5.86. The third kappa shape index (κ3) is 2.89. The van der Waals surface area contributed by atoms with Crippen LogP contribution in [0.25, 0.3) is 33.4 Å². The first-order chi connectivity index (χ1) is 15.4. The van der Waals surface area contributed by atoms with Gasteiger partial charge in [0.25, 0.3) is 0 Å². The Balaban J connectivity index is 1.55. The highest BCUT2D eigenvalue weighted by Gasteiger charge is 2.36. The fraction of sp³-hybridized carbons (Fsp3) is 0.250. The fourth-order valence-electron chi connectivity index (χ4n) is 5.76. The van der Waals surface area contributed by atoms with E-state index in [9.17, 15) is 0 Å². The Bertz CT molecular complexity index is 1360. The molecule has 1 saturated carbocycles. The first-order valence-corrected chi connectivity index (χ1v) is 11.9. The van der Waals surface area contributed by atoms with Gasteiger partial charge in [-0.15, -0.1) is 0 Å². The molecule has 4 aromatic rings. The lowest BCUT2D eigenvalue weighted by molar-refractivity contribution is 0.660. The summed E-state index contributed by atoms with van der Waals surface area (Å²) in [7, 11) is 0. The van der Waals surface area contributed by atoms with Crippen LogP contribution in [0.3, 0.4) is 0 Å². The van der Waals surface area contributed by atoms with Crippen LogP contribution in [0.2, 0.25) is 0 Å². The Kier molecular flexibility index (Phi) is 4.24. The monoisotopic (exact) mass is 414 g/mol. The molecular weight excluding hydrogens is 384 g/mol. The quantitative estimate of drug-likeness (QED) is 0.314. The van der Waals surface area contributed by atoms with Gasteiger partial charge < -0.3 is 0 Å². The van der Waals surface area contributed by atoms with Gasteiger partial charge in [0, 0.05) is 5.41 Å². The minimum Gasteiger partial charge on any atom is -0.0620 e. The lowest BCUT2D eigenvalue weighted by Crippen LogP contribution is -2.15. The van der Waals surface area contributed by atoms with Gasteiger partial charge in [-0.1, -0.05) is 92.2 Å². The summed E-state index contributed by atoms with van der Waals surface area (Å²) in [6.07, 6.45) is 2.61. The van der Waals surface area contributed by atoms with E-state index in [4.69, 9.17) is 0 Å². The van der Waals surface area contributed by atoms with E-state index in [0.29, 0.717) is 5.92 Å². The summed E-state index contributed by atoms with van der Waals surface area (Å²) in [5.74, 6) is 0.682. The molecule has 2 aliphatic rings. The van der Waals surface area contributed by atoms with Gasteiger partial charge in [-0.2, -0.15) is 0 Å². The molecule has 0 amide bonds. The predicted molar refractivity (Wildman–Crippen MR) is 136 cm³/mol. The molecule has 0 nitrogen and oxygen atoms in total. The van der Waals surface area contributed by atoms with Crippen LogP contribution in [-0.2, 0) is 5.41 Å². The number of fused-ring (bicyclic) bond motifs is 3. The summed E-state index contributed by atoms with van der Waals surface area (Å²) < 4.78 is 0. The van der Waals surface area contributed by atoms with Crippen molar-refractivity contribution in [3.05, 3.63) is 107 Å². The minimum atomic E-state index is 0.0278. The first kappa shape index (κ1) is 19.6. The molecule has 6 rings (SSSR count). The van der Waals surface area contributed by atoms with Gasteiger partial charge in [0.1, 0.15) is 0 Å². The van der Waals surface area contributed by atoms with Gasteiger partial charge in [0.15, 0.2) is 0 Å². The fourth-order valence-corrected chi connectivity index (χ4v) is 5.76. The van der Waals surface area contributed by atoms with Crippen LogP contribution in [0.1, 0.15) is 60.4 Å². The van der Waals surface area contributed by atoms with Crippen molar-refractivity contribution in [1.29, 1.82) is 0 Å². The summed E-state index contributed by atoms with van der Waals surface area (Å²) >= 11 is 0. The standard InChI is InChI=1S/C32H30/c1-20-12-16-26-27-17-15-23(19-30(27)32(3,4)29(26)18-20)25-10-7-11-28(31(25)22-13-14-22)24-9-6-5-8-21(24)2/h5-12,15-19,22H,13-14H2,1-4H3. The maximum Gasteiger partial charge on any atom is 0.0159 e. The van der Waals surface area contributed by atoms with Crippen molar-refractivity contribution >= 4 is 0 Å². The number of hydrogen-bond acceptors (Lipinski definition) is 0. The molecule has 158 valence electrons. The number of rotatable bonds is 3.